The van der Waals surface area contributed by atoms with Gasteiger partial charge in [0.25, 0.3) is 0 Å². The lowest BCUT2D eigenvalue weighted by atomic mass is 9.80. The van der Waals surface area contributed by atoms with Crippen molar-refractivity contribution in [3.63, 3.8) is 0 Å². The molecule has 0 radical (unpaired) electrons. The number of carbonyl (C=O) groups excluding carboxylic acids is 1. The fraction of sp³-hybridized carbons (Fsp3) is 0.857. The van der Waals surface area contributed by atoms with Gasteiger partial charge < -0.3 is 10.4 Å². The third kappa shape index (κ3) is 4.31. The average molecular weight is 255 g/mol. The molecule has 0 spiro atoms. The molecule has 1 rings (SSSR count). The van der Waals surface area contributed by atoms with Gasteiger partial charge in [0.1, 0.15) is 0 Å². The molecule has 104 valence electrons. The van der Waals surface area contributed by atoms with Crippen LogP contribution in [0.15, 0.2) is 0 Å². The van der Waals surface area contributed by atoms with Gasteiger partial charge in [-0.15, -0.1) is 0 Å². The summed E-state index contributed by atoms with van der Waals surface area (Å²) in [6.07, 6.45) is 7.87. The average Bonchev–Trinajstić information content (AvgIpc) is 2.60. The summed E-state index contributed by atoms with van der Waals surface area (Å²) >= 11 is 0. The molecule has 18 heavy (non-hydrogen) atoms. The molecule has 1 aliphatic carbocycles. The third-order valence-electron chi connectivity index (χ3n) is 3.90. The van der Waals surface area contributed by atoms with Gasteiger partial charge >= 0.3 is 5.97 Å². The van der Waals surface area contributed by atoms with E-state index in [1.165, 1.54) is 0 Å². The molecule has 1 fully saturated rings. The van der Waals surface area contributed by atoms with Crippen LogP contribution in [-0.2, 0) is 9.59 Å². The highest BCUT2D eigenvalue weighted by Gasteiger charge is 2.38. The molecule has 0 aromatic heterocycles. The number of amides is 1. The van der Waals surface area contributed by atoms with Crippen LogP contribution in [0.4, 0.5) is 0 Å². The van der Waals surface area contributed by atoms with Crippen molar-refractivity contribution in [1.29, 1.82) is 0 Å². The van der Waals surface area contributed by atoms with Gasteiger partial charge in [-0.3, -0.25) is 9.59 Å². The van der Waals surface area contributed by atoms with Crippen molar-refractivity contribution in [2.45, 2.75) is 64.7 Å². The van der Waals surface area contributed by atoms with Crippen LogP contribution in [0.5, 0.6) is 0 Å². The Balaban J connectivity index is 2.51. The number of carbonyl (C=O) groups is 2. The number of hydrogen-bond acceptors (Lipinski definition) is 2. The molecule has 0 heterocycles. The molecule has 0 saturated heterocycles. The minimum absolute atomic E-state index is 0.0123. The molecule has 0 unspecified atom stereocenters. The van der Waals surface area contributed by atoms with Gasteiger partial charge in [-0.05, 0) is 19.3 Å². The van der Waals surface area contributed by atoms with Crippen molar-refractivity contribution in [3.8, 4) is 0 Å². The van der Waals surface area contributed by atoms with E-state index >= 15 is 0 Å². The summed E-state index contributed by atoms with van der Waals surface area (Å²) < 4.78 is 0. The molecule has 1 amide bonds. The van der Waals surface area contributed by atoms with Crippen molar-refractivity contribution in [2.75, 3.05) is 6.54 Å². The first-order valence-electron chi connectivity index (χ1n) is 7.11. The van der Waals surface area contributed by atoms with Crippen LogP contribution in [-0.4, -0.2) is 23.5 Å². The summed E-state index contributed by atoms with van der Waals surface area (Å²) in [6.45, 7) is 2.34. The summed E-state index contributed by atoms with van der Waals surface area (Å²) in [4.78, 5) is 23.1. The number of rotatable bonds is 6. The smallest absolute Gasteiger partial charge is 0.311 e. The zero-order valence-corrected chi connectivity index (χ0v) is 11.3. The van der Waals surface area contributed by atoms with E-state index in [2.05, 4.69) is 5.32 Å². The number of carboxylic acids is 1. The monoisotopic (exact) mass is 255 g/mol. The highest BCUT2D eigenvalue weighted by molar-refractivity contribution is 5.79. The first-order valence-corrected chi connectivity index (χ1v) is 7.11. The van der Waals surface area contributed by atoms with Crippen molar-refractivity contribution in [1.82, 2.24) is 5.32 Å². The van der Waals surface area contributed by atoms with E-state index in [9.17, 15) is 14.7 Å². The van der Waals surface area contributed by atoms with Crippen molar-refractivity contribution >= 4 is 11.9 Å². The SMILES string of the molecule is CCCCC(=O)NCC1(C(=O)O)CCCCCC1. The van der Waals surface area contributed by atoms with E-state index in [4.69, 9.17) is 0 Å². The number of aliphatic carboxylic acids is 1. The van der Waals surface area contributed by atoms with Gasteiger partial charge in [0.2, 0.25) is 5.91 Å². The second-order valence-electron chi connectivity index (χ2n) is 5.38. The minimum atomic E-state index is -0.750. The van der Waals surface area contributed by atoms with E-state index < -0.39 is 11.4 Å². The molecule has 0 atom stereocenters. The Morgan fingerprint density at radius 2 is 1.78 bits per heavy atom. The maximum absolute atomic E-state index is 11.6. The number of carboxylic acid groups (broad SMARTS) is 1. The first-order chi connectivity index (χ1) is 8.60. The lowest BCUT2D eigenvalue weighted by Crippen LogP contribution is -2.42. The first kappa shape index (κ1) is 15.0. The van der Waals surface area contributed by atoms with Gasteiger partial charge in [0.05, 0.1) is 5.41 Å². The van der Waals surface area contributed by atoms with Crippen molar-refractivity contribution in [3.05, 3.63) is 0 Å². The molecule has 0 aromatic rings. The maximum atomic E-state index is 11.6. The van der Waals surface area contributed by atoms with Gasteiger partial charge in [-0.1, -0.05) is 39.0 Å². The minimum Gasteiger partial charge on any atom is -0.481 e. The van der Waals surface area contributed by atoms with E-state index in [1.807, 2.05) is 6.92 Å². The van der Waals surface area contributed by atoms with Gasteiger partial charge in [0.15, 0.2) is 0 Å². The fourth-order valence-electron chi connectivity index (χ4n) is 2.57. The van der Waals surface area contributed by atoms with Gasteiger partial charge in [-0.25, -0.2) is 0 Å². The van der Waals surface area contributed by atoms with Crippen molar-refractivity contribution in [2.24, 2.45) is 5.41 Å². The van der Waals surface area contributed by atoms with Crippen LogP contribution in [0, 0.1) is 5.41 Å². The molecule has 0 bridgehead atoms. The number of hydrogen-bond donors (Lipinski definition) is 2. The topological polar surface area (TPSA) is 66.4 Å². The molecule has 2 N–H and O–H groups in total. The normalized spacial score (nSPS) is 18.9. The summed E-state index contributed by atoms with van der Waals surface area (Å²) in [5, 5.41) is 12.3. The quantitative estimate of drug-likeness (QED) is 0.717. The Bertz CT molecular complexity index is 281. The highest BCUT2D eigenvalue weighted by Crippen LogP contribution is 2.34. The molecule has 1 saturated carbocycles. The molecule has 4 heteroatoms. The Labute approximate surface area is 109 Å². The maximum Gasteiger partial charge on any atom is 0.311 e. The second kappa shape index (κ2) is 7.39. The van der Waals surface area contributed by atoms with E-state index in [1.54, 1.807) is 0 Å². The van der Waals surface area contributed by atoms with Gasteiger partial charge in [0, 0.05) is 13.0 Å². The van der Waals surface area contributed by atoms with E-state index in [0.717, 1.165) is 38.5 Å². The van der Waals surface area contributed by atoms with Crippen LogP contribution in [0.3, 0.4) is 0 Å². The van der Waals surface area contributed by atoms with Crippen molar-refractivity contribution < 1.29 is 14.7 Å². The van der Waals surface area contributed by atoms with Crippen LogP contribution in [0.2, 0.25) is 0 Å². The van der Waals surface area contributed by atoms with Crippen LogP contribution in [0.25, 0.3) is 0 Å². The molecule has 0 aliphatic heterocycles. The largest absolute Gasteiger partial charge is 0.481 e. The zero-order valence-electron chi connectivity index (χ0n) is 11.3. The Morgan fingerprint density at radius 3 is 2.28 bits per heavy atom. The molecule has 1 aliphatic rings. The summed E-state index contributed by atoms with van der Waals surface area (Å²) in [5.74, 6) is -0.762. The number of unbranched alkanes of at least 4 members (excludes halogenated alkanes) is 1. The lowest BCUT2D eigenvalue weighted by Gasteiger charge is -2.28. The Hall–Kier alpha value is -1.06. The van der Waals surface area contributed by atoms with E-state index in [-0.39, 0.29) is 5.91 Å². The summed E-state index contributed by atoms with van der Waals surface area (Å²) in [6, 6.07) is 0. The van der Waals surface area contributed by atoms with Crippen LogP contribution < -0.4 is 5.32 Å². The summed E-state index contributed by atoms with van der Waals surface area (Å²) in [5.41, 5.74) is -0.724. The standard InChI is InChI=1S/C14H25NO3/c1-2-3-8-12(16)15-11-14(13(17)18)9-6-4-5-7-10-14/h2-11H2,1H3,(H,15,16)(H,17,18). The lowest BCUT2D eigenvalue weighted by molar-refractivity contribution is -0.149. The predicted octanol–water partition coefficient (Wildman–Crippen LogP) is 2.72. The molecule has 4 nitrogen and oxygen atoms in total. The predicted molar refractivity (Wildman–Crippen MR) is 70.3 cm³/mol. The molecule has 0 aromatic carbocycles. The van der Waals surface area contributed by atoms with Crippen LogP contribution in [0.1, 0.15) is 64.7 Å². The third-order valence-corrected chi connectivity index (χ3v) is 3.90. The summed E-state index contributed by atoms with van der Waals surface area (Å²) in [7, 11) is 0. The van der Waals surface area contributed by atoms with E-state index in [0.29, 0.717) is 25.8 Å². The Morgan fingerprint density at radius 1 is 1.17 bits per heavy atom. The Kier molecular flexibility index (Phi) is 6.16. The number of nitrogens with one attached hydrogen (secondary N) is 1. The van der Waals surface area contributed by atoms with Gasteiger partial charge in [-0.2, -0.15) is 0 Å². The second-order valence-corrected chi connectivity index (χ2v) is 5.38. The fourth-order valence-corrected chi connectivity index (χ4v) is 2.57. The molecular weight excluding hydrogens is 230 g/mol. The molecular formula is C14H25NO3. The highest BCUT2D eigenvalue weighted by atomic mass is 16.4. The zero-order chi connectivity index (χ0) is 13.4. The van der Waals surface area contributed by atoms with Crippen LogP contribution >= 0.6 is 0 Å².